The van der Waals surface area contributed by atoms with Crippen LogP contribution in [0.3, 0.4) is 0 Å². The number of non-ortho nitro benzene ring substituents is 1. The van der Waals surface area contributed by atoms with Gasteiger partial charge in [0.2, 0.25) is 0 Å². The van der Waals surface area contributed by atoms with E-state index in [0.717, 1.165) is 32.7 Å². The van der Waals surface area contributed by atoms with Crippen LogP contribution in [0.1, 0.15) is 0 Å². The SMILES string of the molecule is O=[N+]([O-])c1ccc2cc(-c3c4ccccc4c(S(=O)[O-])c4ccccc34)ccc2c1.c1ccc2sccc2c1.c1ccc2sccc2c1. The Kier molecular flexibility index (Phi) is 9.05. The van der Waals surface area contributed by atoms with Gasteiger partial charge in [-0.1, -0.05) is 97.1 Å². The Morgan fingerprint density at radius 1 is 0.521 bits per heavy atom. The van der Waals surface area contributed by atoms with Crippen molar-refractivity contribution < 1.29 is 13.7 Å². The van der Waals surface area contributed by atoms with Gasteiger partial charge in [0.15, 0.2) is 0 Å². The highest BCUT2D eigenvalue weighted by Crippen LogP contribution is 2.41. The lowest BCUT2D eigenvalue weighted by molar-refractivity contribution is -0.384. The topological polar surface area (TPSA) is 83.3 Å². The smallest absolute Gasteiger partial charge is 0.270 e. The van der Waals surface area contributed by atoms with E-state index in [9.17, 15) is 18.9 Å². The normalized spacial score (nSPS) is 11.6. The van der Waals surface area contributed by atoms with Gasteiger partial charge in [-0.05, 0) is 112 Å². The summed E-state index contributed by atoms with van der Waals surface area (Å²) in [6.07, 6.45) is 0. The summed E-state index contributed by atoms with van der Waals surface area (Å²) in [5, 5.41) is 22.7. The second-order valence-electron chi connectivity index (χ2n) is 11.0. The van der Waals surface area contributed by atoms with Gasteiger partial charge in [-0.3, -0.25) is 14.3 Å². The number of nitro benzene ring substituents is 1. The molecule has 0 aliphatic carbocycles. The molecule has 1 atom stereocenters. The molecule has 0 aliphatic rings. The Morgan fingerprint density at radius 2 is 1.00 bits per heavy atom. The van der Waals surface area contributed by atoms with Crippen LogP contribution in [0, 0.1) is 10.1 Å². The third-order valence-corrected chi connectivity index (χ3v) is 10.7. The Hall–Kier alpha value is -5.25. The van der Waals surface area contributed by atoms with Gasteiger partial charge in [0.25, 0.3) is 5.69 Å². The molecule has 0 spiro atoms. The maximum atomic E-state index is 12.1. The molecule has 5 nitrogen and oxygen atoms in total. The van der Waals surface area contributed by atoms with Crippen molar-refractivity contribution in [2.45, 2.75) is 4.90 Å². The monoisotopic (exact) mass is 680 g/mol. The van der Waals surface area contributed by atoms with E-state index in [4.69, 9.17) is 0 Å². The van der Waals surface area contributed by atoms with E-state index in [1.165, 1.54) is 26.2 Å². The Labute approximate surface area is 286 Å². The molecule has 1 unspecified atom stereocenters. The number of thiophene rings is 2. The number of nitrogens with zero attached hydrogens (tertiary/aromatic N) is 1. The first-order chi connectivity index (χ1) is 23.5. The van der Waals surface area contributed by atoms with Crippen LogP contribution >= 0.6 is 22.7 Å². The molecule has 0 radical (unpaired) electrons. The first-order valence-corrected chi connectivity index (χ1v) is 17.9. The first-order valence-electron chi connectivity index (χ1n) is 15.0. The lowest BCUT2D eigenvalue weighted by atomic mass is 9.91. The number of nitro groups is 1. The van der Waals surface area contributed by atoms with Gasteiger partial charge in [-0.25, -0.2) is 0 Å². The summed E-state index contributed by atoms with van der Waals surface area (Å²) >= 11 is 1.19. The predicted molar refractivity (Wildman–Crippen MR) is 202 cm³/mol. The van der Waals surface area contributed by atoms with Gasteiger partial charge >= 0.3 is 0 Å². The summed E-state index contributed by atoms with van der Waals surface area (Å²) in [4.78, 5) is 11.0. The van der Waals surface area contributed by atoms with Crippen LogP contribution in [0.15, 0.2) is 161 Å². The molecule has 7 aromatic carbocycles. The second kappa shape index (κ2) is 13.9. The molecule has 234 valence electrons. The van der Waals surface area contributed by atoms with E-state index in [1.54, 1.807) is 34.8 Å². The van der Waals surface area contributed by atoms with Crippen LogP contribution in [-0.4, -0.2) is 13.7 Å². The van der Waals surface area contributed by atoms with Crippen molar-refractivity contribution in [1.29, 1.82) is 0 Å². The molecule has 9 rings (SSSR count). The molecule has 9 aromatic rings. The molecule has 0 fully saturated rings. The summed E-state index contributed by atoms with van der Waals surface area (Å²) in [5.41, 5.74) is 1.91. The van der Waals surface area contributed by atoms with Crippen molar-refractivity contribution in [3.63, 3.8) is 0 Å². The van der Waals surface area contributed by atoms with Crippen LogP contribution in [-0.2, 0) is 11.1 Å². The molecule has 0 N–H and O–H groups in total. The number of fused-ring (bicyclic) bond motifs is 5. The molecule has 48 heavy (non-hydrogen) atoms. The second-order valence-corrected chi connectivity index (χ2v) is 13.7. The van der Waals surface area contributed by atoms with Gasteiger partial charge < -0.3 is 4.55 Å². The number of hydrogen-bond donors (Lipinski definition) is 0. The zero-order chi connectivity index (χ0) is 33.0. The average molecular weight is 681 g/mol. The first kappa shape index (κ1) is 31.4. The Morgan fingerprint density at radius 3 is 1.52 bits per heavy atom. The van der Waals surface area contributed by atoms with Crippen molar-refractivity contribution in [3.8, 4) is 11.1 Å². The van der Waals surface area contributed by atoms with Crippen LogP contribution in [0.2, 0.25) is 0 Å². The van der Waals surface area contributed by atoms with Crippen LogP contribution in [0.25, 0.3) is 63.6 Å². The zero-order valence-corrected chi connectivity index (χ0v) is 27.8. The molecule has 2 aromatic heterocycles. The highest BCUT2D eigenvalue weighted by Gasteiger charge is 2.16. The van der Waals surface area contributed by atoms with Crippen molar-refractivity contribution in [1.82, 2.24) is 0 Å². The van der Waals surface area contributed by atoms with Gasteiger partial charge in [-0.2, -0.15) is 0 Å². The quantitative estimate of drug-likeness (QED) is 0.0804. The minimum atomic E-state index is -2.39. The van der Waals surface area contributed by atoms with E-state index in [0.29, 0.717) is 15.7 Å². The average Bonchev–Trinajstić information content (AvgIpc) is 3.81. The van der Waals surface area contributed by atoms with E-state index in [2.05, 4.69) is 71.4 Å². The summed E-state index contributed by atoms with van der Waals surface area (Å²) in [7, 11) is 0. The standard InChI is InChI=1S/C24H15NO4S.2C8H6S/c26-25(27)18-12-11-15-13-17(10-9-16(15)14-18)23-19-5-1-3-7-21(19)24(30(28)29)22-8-4-2-6-20(22)23;2*1-2-4-8-7(3-1)5-6-9-8/h1-14H,(H,28,29);2*1-6H/p-1. The highest BCUT2D eigenvalue weighted by atomic mass is 32.2. The van der Waals surface area contributed by atoms with Gasteiger partial charge in [-0.15, -0.1) is 22.7 Å². The molecule has 0 saturated carbocycles. The summed E-state index contributed by atoms with van der Waals surface area (Å²) in [6, 6.07) is 46.6. The van der Waals surface area contributed by atoms with Crippen molar-refractivity contribution in [2.24, 2.45) is 0 Å². The minimum absolute atomic E-state index is 0.0495. The maximum absolute atomic E-state index is 12.1. The third-order valence-electron chi connectivity index (χ3n) is 8.10. The molecular weight excluding hydrogens is 655 g/mol. The molecule has 0 aliphatic heterocycles. The van der Waals surface area contributed by atoms with Gasteiger partial charge in [0, 0.05) is 26.4 Å². The Balaban J connectivity index is 0.000000162. The fraction of sp³-hybridized carbons (Fsp3) is 0. The summed E-state index contributed by atoms with van der Waals surface area (Å²) in [5.74, 6) is 0. The molecule has 0 amide bonds. The molecular formula is C40H26NO4S3-. The third kappa shape index (κ3) is 6.34. The van der Waals surface area contributed by atoms with Crippen LogP contribution in [0.5, 0.6) is 0 Å². The van der Waals surface area contributed by atoms with Gasteiger partial charge in [0.05, 0.1) is 4.92 Å². The van der Waals surface area contributed by atoms with Crippen LogP contribution in [0.4, 0.5) is 5.69 Å². The fourth-order valence-corrected chi connectivity index (χ4v) is 8.19. The molecule has 0 saturated heterocycles. The molecule has 0 bridgehead atoms. The molecule has 2 heterocycles. The number of benzene rings is 7. The Bertz CT molecular complexity index is 2420. The zero-order valence-electron chi connectivity index (χ0n) is 25.3. The highest BCUT2D eigenvalue weighted by molar-refractivity contribution is 7.79. The minimum Gasteiger partial charge on any atom is -0.768 e. The van der Waals surface area contributed by atoms with Crippen molar-refractivity contribution >= 4 is 91.9 Å². The van der Waals surface area contributed by atoms with Crippen molar-refractivity contribution in [3.05, 3.63) is 166 Å². The summed E-state index contributed by atoms with van der Waals surface area (Å²) in [6.45, 7) is 0. The number of hydrogen-bond acceptors (Lipinski definition) is 6. The molecule has 8 heteroatoms. The lowest BCUT2D eigenvalue weighted by Crippen LogP contribution is -1.96. The van der Waals surface area contributed by atoms with E-state index < -0.39 is 16.0 Å². The number of rotatable bonds is 3. The lowest BCUT2D eigenvalue weighted by Gasteiger charge is -2.18. The van der Waals surface area contributed by atoms with E-state index >= 15 is 0 Å². The van der Waals surface area contributed by atoms with Crippen LogP contribution < -0.4 is 0 Å². The fourth-order valence-electron chi connectivity index (χ4n) is 5.89. The van der Waals surface area contributed by atoms with Crippen molar-refractivity contribution in [2.75, 3.05) is 0 Å². The van der Waals surface area contributed by atoms with E-state index in [1.807, 2.05) is 66.7 Å². The maximum Gasteiger partial charge on any atom is 0.270 e. The largest absolute Gasteiger partial charge is 0.768 e. The predicted octanol–water partition coefficient (Wildman–Crippen LogP) is 11.8. The van der Waals surface area contributed by atoms with E-state index in [-0.39, 0.29) is 5.69 Å². The summed E-state index contributed by atoms with van der Waals surface area (Å²) < 4.78 is 26.9. The van der Waals surface area contributed by atoms with Gasteiger partial charge in [0.1, 0.15) is 0 Å².